The summed E-state index contributed by atoms with van der Waals surface area (Å²) in [5, 5.41) is 5.17. The number of methoxy groups -OCH3 is 1. The normalized spacial score (nSPS) is 15.4. The van der Waals surface area contributed by atoms with Crippen molar-refractivity contribution in [2.24, 2.45) is 0 Å². The Kier molecular flexibility index (Phi) is 7.44. The number of esters is 1. The molecule has 0 amide bonds. The SMILES string of the molecule is COC(=O)c1cc(F)c2nc(N3CC(c4ccc(OCc5c(-c6ccccc6C(F)(F)F)noc5C5CC5)cc4Cl)C3)sc2c1. The van der Waals surface area contributed by atoms with E-state index in [0.29, 0.717) is 45.0 Å². The second kappa shape index (κ2) is 11.3. The summed E-state index contributed by atoms with van der Waals surface area (Å²) in [6.07, 6.45) is -2.80. The van der Waals surface area contributed by atoms with E-state index in [2.05, 4.69) is 10.1 Å². The van der Waals surface area contributed by atoms with E-state index >= 15 is 0 Å². The van der Waals surface area contributed by atoms with E-state index in [4.69, 9.17) is 25.6 Å². The van der Waals surface area contributed by atoms with Crippen LogP contribution in [0.3, 0.4) is 0 Å². The number of ether oxygens (including phenoxy) is 2. The summed E-state index contributed by atoms with van der Waals surface area (Å²) in [6.45, 7) is 1.19. The zero-order chi connectivity index (χ0) is 31.5. The van der Waals surface area contributed by atoms with Crippen LogP contribution in [0.15, 0.2) is 59.1 Å². The van der Waals surface area contributed by atoms with Crippen LogP contribution in [-0.2, 0) is 17.5 Å². The van der Waals surface area contributed by atoms with Crippen molar-refractivity contribution in [3.05, 3.63) is 93.5 Å². The Morgan fingerprint density at radius 1 is 1.11 bits per heavy atom. The highest BCUT2D eigenvalue weighted by molar-refractivity contribution is 7.22. The minimum absolute atomic E-state index is 0.0321. The summed E-state index contributed by atoms with van der Waals surface area (Å²) in [5.41, 5.74) is 1.02. The standard InChI is InChI=1S/C32H24ClF4N3O4S/c1-42-30(41)17-10-25(34)28-26(11-17)45-31(38-28)40-13-18(14-40)20-9-8-19(12-24(20)33)43-15-22-27(39-44-29(22)16-6-7-16)21-4-2-3-5-23(21)32(35,36)37/h2-5,8-12,16,18H,6-7,13-15H2,1H3. The van der Waals surface area contributed by atoms with Crippen LogP contribution in [0.1, 0.15) is 57.5 Å². The van der Waals surface area contributed by atoms with E-state index in [9.17, 15) is 22.4 Å². The van der Waals surface area contributed by atoms with Crippen LogP contribution in [0, 0.1) is 5.82 Å². The third kappa shape index (κ3) is 5.61. The molecule has 232 valence electrons. The molecule has 0 radical (unpaired) electrons. The third-order valence-electron chi connectivity index (χ3n) is 8.06. The molecule has 3 heterocycles. The lowest BCUT2D eigenvalue weighted by atomic mass is 9.92. The van der Waals surface area contributed by atoms with E-state index in [1.165, 1.54) is 36.6 Å². The smallest absolute Gasteiger partial charge is 0.417 e. The predicted molar refractivity (Wildman–Crippen MR) is 161 cm³/mol. The number of carbonyl (C=O) groups excluding carboxylic acids is 1. The second-order valence-electron chi connectivity index (χ2n) is 11.1. The van der Waals surface area contributed by atoms with Gasteiger partial charge in [0, 0.05) is 35.5 Å². The van der Waals surface area contributed by atoms with Crippen molar-refractivity contribution >= 4 is 44.3 Å². The van der Waals surface area contributed by atoms with Crippen molar-refractivity contribution in [3.8, 4) is 17.0 Å². The van der Waals surface area contributed by atoms with E-state index in [1.807, 2.05) is 11.0 Å². The van der Waals surface area contributed by atoms with E-state index < -0.39 is 23.5 Å². The molecule has 1 aliphatic heterocycles. The maximum Gasteiger partial charge on any atom is 0.417 e. The van der Waals surface area contributed by atoms with Gasteiger partial charge in [0.15, 0.2) is 10.9 Å². The first-order valence-corrected chi connectivity index (χ1v) is 15.3. The minimum atomic E-state index is -4.55. The van der Waals surface area contributed by atoms with Crippen molar-refractivity contribution < 1.29 is 36.4 Å². The molecule has 5 aromatic rings. The van der Waals surface area contributed by atoms with Gasteiger partial charge in [0.05, 0.1) is 28.5 Å². The lowest BCUT2D eigenvalue weighted by Crippen LogP contribution is -2.45. The number of hydrogen-bond donors (Lipinski definition) is 0. The van der Waals surface area contributed by atoms with Crippen LogP contribution < -0.4 is 9.64 Å². The molecular weight excluding hydrogens is 634 g/mol. The average Bonchev–Trinajstić information content (AvgIpc) is 3.60. The van der Waals surface area contributed by atoms with Gasteiger partial charge in [-0.3, -0.25) is 0 Å². The third-order valence-corrected chi connectivity index (χ3v) is 9.45. The monoisotopic (exact) mass is 657 g/mol. The zero-order valence-corrected chi connectivity index (χ0v) is 25.2. The van der Waals surface area contributed by atoms with Gasteiger partial charge in [0.25, 0.3) is 0 Å². The molecule has 0 bridgehead atoms. The van der Waals surface area contributed by atoms with Gasteiger partial charge in [-0.15, -0.1) is 0 Å². The zero-order valence-electron chi connectivity index (χ0n) is 23.7. The fourth-order valence-electron chi connectivity index (χ4n) is 5.54. The van der Waals surface area contributed by atoms with Gasteiger partial charge in [-0.05, 0) is 48.7 Å². The van der Waals surface area contributed by atoms with Gasteiger partial charge in [-0.2, -0.15) is 13.2 Å². The molecule has 13 heteroatoms. The maximum atomic E-state index is 14.6. The molecule has 7 nitrogen and oxygen atoms in total. The summed E-state index contributed by atoms with van der Waals surface area (Å²) in [6, 6.07) is 13.3. The number of nitrogens with zero attached hydrogens (tertiary/aromatic N) is 3. The fourth-order valence-corrected chi connectivity index (χ4v) is 6.90. The number of fused-ring (bicyclic) bond motifs is 1. The summed E-state index contributed by atoms with van der Waals surface area (Å²) in [7, 11) is 1.24. The molecule has 0 spiro atoms. The number of benzene rings is 3. The molecule has 0 N–H and O–H groups in total. The topological polar surface area (TPSA) is 77.7 Å². The van der Waals surface area contributed by atoms with Gasteiger partial charge < -0.3 is 18.9 Å². The molecule has 45 heavy (non-hydrogen) atoms. The van der Waals surface area contributed by atoms with Gasteiger partial charge >= 0.3 is 12.1 Å². The highest BCUT2D eigenvalue weighted by Gasteiger charge is 2.38. The van der Waals surface area contributed by atoms with Gasteiger partial charge in [-0.1, -0.05) is 52.4 Å². The lowest BCUT2D eigenvalue weighted by Gasteiger charge is -2.39. The Balaban J connectivity index is 1.06. The van der Waals surface area contributed by atoms with Crippen LogP contribution in [-0.4, -0.2) is 36.3 Å². The largest absolute Gasteiger partial charge is 0.489 e. The summed E-state index contributed by atoms with van der Waals surface area (Å²) in [4.78, 5) is 18.3. The molecule has 0 unspecified atom stereocenters. The van der Waals surface area contributed by atoms with Crippen molar-refractivity contribution in [2.75, 3.05) is 25.1 Å². The molecule has 7 rings (SSSR count). The fraction of sp³-hybridized carbons (Fsp3) is 0.281. The number of alkyl halides is 3. The summed E-state index contributed by atoms with van der Waals surface area (Å²) in [5.74, 6) is 0.0138. The number of anilines is 1. The molecule has 1 saturated heterocycles. The van der Waals surface area contributed by atoms with E-state index in [1.54, 1.807) is 18.2 Å². The Labute approximate surface area is 263 Å². The molecular formula is C32H24ClF4N3O4S. The Hall–Kier alpha value is -4.16. The molecule has 2 aliphatic rings. The first-order chi connectivity index (χ1) is 21.6. The lowest BCUT2D eigenvalue weighted by molar-refractivity contribution is -0.137. The Bertz CT molecular complexity index is 1930. The van der Waals surface area contributed by atoms with Gasteiger partial charge in [0.2, 0.25) is 0 Å². The molecule has 2 aromatic heterocycles. The van der Waals surface area contributed by atoms with Gasteiger partial charge in [-0.25, -0.2) is 14.2 Å². The van der Waals surface area contributed by atoms with Crippen molar-refractivity contribution in [1.29, 1.82) is 0 Å². The number of aromatic nitrogens is 2. The predicted octanol–water partition coefficient (Wildman–Crippen LogP) is 8.61. The number of halogens is 5. The van der Waals surface area contributed by atoms with Crippen LogP contribution in [0.5, 0.6) is 5.75 Å². The van der Waals surface area contributed by atoms with Crippen LogP contribution in [0.2, 0.25) is 5.02 Å². The number of thiazole rings is 1. The first kappa shape index (κ1) is 29.5. The molecule has 1 saturated carbocycles. The molecule has 0 atom stereocenters. The maximum absolute atomic E-state index is 14.6. The van der Waals surface area contributed by atoms with Crippen LogP contribution >= 0.6 is 22.9 Å². The molecule has 1 aliphatic carbocycles. The second-order valence-corrected chi connectivity index (χ2v) is 12.5. The van der Waals surface area contributed by atoms with Gasteiger partial charge in [0.1, 0.15) is 29.3 Å². The number of rotatable bonds is 8. The molecule has 2 fully saturated rings. The summed E-state index contributed by atoms with van der Waals surface area (Å²) >= 11 is 7.96. The molecule has 3 aromatic carbocycles. The summed E-state index contributed by atoms with van der Waals surface area (Å²) < 4.78 is 72.8. The highest BCUT2D eigenvalue weighted by atomic mass is 35.5. The Morgan fingerprint density at radius 3 is 2.60 bits per heavy atom. The van der Waals surface area contributed by atoms with E-state index in [-0.39, 0.29) is 40.8 Å². The highest BCUT2D eigenvalue weighted by Crippen LogP contribution is 2.46. The van der Waals surface area contributed by atoms with Crippen LogP contribution in [0.4, 0.5) is 22.7 Å². The minimum Gasteiger partial charge on any atom is -0.489 e. The van der Waals surface area contributed by atoms with E-state index in [0.717, 1.165) is 30.5 Å². The number of hydrogen-bond acceptors (Lipinski definition) is 8. The number of carbonyl (C=O) groups is 1. The Morgan fingerprint density at radius 2 is 1.89 bits per heavy atom. The van der Waals surface area contributed by atoms with Crippen molar-refractivity contribution in [3.63, 3.8) is 0 Å². The quantitative estimate of drug-likeness (QED) is 0.122. The van der Waals surface area contributed by atoms with Crippen molar-refractivity contribution in [1.82, 2.24) is 10.1 Å². The van der Waals surface area contributed by atoms with Crippen LogP contribution in [0.25, 0.3) is 21.5 Å². The van der Waals surface area contributed by atoms with Crippen molar-refractivity contribution in [2.45, 2.75) is 37.5 Å². The average molecular weight is 658 g/mol. The first-order valence-electron chi connectivity index (χ1n) is 14.1.